The number of nitro groups is 1. The zero-order chi connectivity index (χ0) is 19.3. The summed E-state index contributed by atoms with van der Waals surface area (Å²) in [6, 6.07) is 11.9. The van der Waals surface area contributed by atoms with Crippen LogP contribution in [0.5, 0.6) is 0 Å². The number of aromatic nitrogens is 4. The lowest BCUT2D eigenvalue weighted by Gasteiger charge is -2.07. The molecular weight excluding hydrogens is 360 g/mol. The van der Waals surface area contributed by atoms with E-state index in [1.807, 2.05) is 12.1 Å². The average Bonchev–Trinajstić information content (AvgIpc) is 3.24. The van der Waals surface area contributed by atoms with E-state index in [0.29, 0.717) is 23.6 Å². The van der Waals surface area contributed by atoms with Crippen LogP contribution in [-0.4, -0.2) is 25.0 Å². The van der Waals surface area contributed by atoms with Crippen LogP contribution in [-0.2, 0) is 6.54 Å². The Hall–Kier alpha value is -4.14. The quantitative estimate of drug-likeness (QED) is 0.400. The third-order valence-corrected chi connectivity index (χ3v) is 4.01. The summed E-state index contributed by atoms with van der Waals surface area (Å²) in [5.41, 5.74) is 2.44. The van der Waals surface area contributed by atoms with E-state index in [2.05, 4.69) is 25.4 Å². The van der Waals surface area contributed by atoms with E-state index < -0.39 is 4.92 Å². The lowest BCUT2D eigenvalue weighted by molar-refractivity contribution is -0.383. The van der Waals surface area contributed by atoms with Gasteiger partial charge in [-0.15, -0.1) is 0 Å². The van der Waals surface area contributed by atoms with Gasteiger partial charge in [0.05, 0.1) is 4.92 Å². The lowest BCUT2D eigenvalue weighted by atomic mass is 10.1. The molecule has 0 saturated carbocycles. The first-order chi connectivity index (χ1) is 13.7. The summed E-state index contributed by atoms with van der Waals surface area (Å²) in [5.74, 6) is 0.590. The molecule has 0 fully saturated rings. The molecule has 3 aromatic heterocycles. The molecule has 0 saturated heterocycles. The van der Waals surface area contributed by atoms with Crippen molar-refractivity contribution in [3.8, 4) is 22.8 Å². The van der Waals surface area contributed by atoms with Crippen LogP contribution in [0.4, 0.5) is 11.4 Å². The largest absolute Gasteiger partial charge is 0.375 e. The van der Waals surface area contributed by atoms with Crippen molar-refractivity contribution in [2.45, 2.75) is 6.54 Å². The molecule has 0 bridgehead atoms. The van der Waals surface area contributed by atoms with Gasteiger partial charge in [0.25, 0.3) is 11.6 Å². The fourth-order valence-electron chi connectivity index (χ4n) is 2.62. The molecule has 28 heavy (non-hydrogen) atoms. The van der Waals surface area contributed by atoms with Gasteiger partial charge < -0.3 is 9.84 Å². The van der Waals surface area contributed by atoms with Gasteiger partial charge in [-0.1, -0.05) is 11.2 Å². The second kappa shape index (κ2) is 7.62. The van der Waals surface area contributed by atoms with Crippen molar-refractivity contribution in [1.82, 2.24) is 20.1 Å². The zero-order valence-corrected chi connectivity index (χ0v) is 14.5. The Morgan fingerprint density at radius 2 is 1.89 bits per heavy atom. The summed E-state index contributed by atoms with van der Waals surface area (Å²) in [6.45, 7) is 0.417. The van der Waals surface area contributed by atoms with Gasteiger partial charge in [0.15, 0.2) is 0 Å². The van der Waals surface area contributed by atoms with Crippen molar-refractivity contribution in [2.24, 2.45) is 0 Å². The molecule has 0 radical (unpaired) electrons. The van der Waals surface area contributed by atoms with Gasteiger partial charge in [0.2, 0.25) is 5.82 Å². The second-order valence-electron chi connectivity index (χ2n) is 5.86. The smallest absolute Gasteiger partial charge is 0.293 e. The van der Waals surface area contributed by atoms with Crippen molar-refractivity contribution in [3.63, 3.8) is 0 Å². The molecule has 0 aliphatic heterocycles. The maximum absolute atomic E-state index is 11.5. The highest BCUT2D eigenvalue weighted by molar-refractivity contribution is 5.70. The summed E-state index contributed by atoms with van der Waals surface area (Å²) in [5, 5.41) is 18.5. The van der Waals surface area contributed by atoms with Gasteiger partial charge in [-0.05, 0) is 35.9 Å². The molecule has 9 heteroatoms. The molecule has 4 rings (SSSR count). The number of hydrogen-bond acceptors (Lipinski definition) is 8. The molecule has 9 nitrogen and oxygen atoms in total. The molecule has 1 aromatic carbocycles. The van der Waals surface area contributed by atoms with Gasteiger partial charge in [-0.3, -0.25) is 20.1 Å². The van der Waals surface area contributed by atoms with E-state index in [1.54, 1.807) is 49.1 Å². The maximum Gasteiger partial charge on any atom is 0.293 e. The number of rotatable bonds is 6. The molecule has 0 atom stereocenters. The number of pyridine rings is 2. The van der Waals surface area contributed by atoms with Gasteiger partial charge in [0.1, 0.15) is 5.69 Å². The maximum atomic E-state index is 11.5. The first-order valence-electron chi connectivity index (χ1n) is 8.36. The first-order valence-corrected chi connectivity index (χ1v) is 8.36. The van der Waals surface area contributed by atoms with E-state index in [-0.39, 0.29) is 11.6 Å². The third-order valence-electron chi connectivity index (χ3n) is 4.01. The summed E-state index contributed by atoms with van der Waals surface area (Å²) in [4.78, 5) is 23.4. The van der Waals surface area contributed by atoms with Crippen molar-refractivity contribution < 1.29 is 9.45 Å². The predicted molar refractivity (Wildman–Crippen MR) is 101 cm³/mol. The van der Waals surface area contributed by atoms with Crippen molar-refractivity contribution in [3.05, 3.63) is 82.9 Å². The highest BCUT2D eigenvalue weighted by Gasteiger charge is 2.18. The zero-order valence-electron chi connectivity index (χ0n) is 14.5. The van der Waals surface area contributed by atoms with Crippen LogP contribution in [0.2, 0.25) is 0 Å². The van der Waals surface area contributed by atoms with E-state index in [1.165, 1.54) is 6.07 Å². The fraction of sp³-hybridized carbons (Fsp3) is 0.0526. The Balaban J connectivity index is 1.60. The van der Waals surface area contributed by atoms with Crippen LogP contribution in [0, 0.1) is 10.1 Å². The highest BCUT2D eigenvalue weighted by Crippen LogP contribution is 2.31. The van der Waals surface area contributed by atoms with Gasteiger partial charge in [-0.2, -0.15) is 4.98 Å². The fourth-order valence-corrected chi connectivity index (χ4v) is 2.62. The van der Waals surface area contributed by atoms with Crippen molar-refractivity contribution >= 4 is 11.4 Å². The molecule has 3 heterocycles. The summed E-state index contributed by atoms with van der Waals surface area (Å²) in [6.07, 6.45) is 6.62. The molecule has 4 aromatic rings. The first kappa shape index (κ1) is 17.3. The number of nitrogens with one attached hydrogen (secondary N) is 1. The standard InChI is InChI=1S/C19H14N6O3/c26-25(27)17-10-15(3-4-16(17)22-12-13-2-1-7-21-11-13)19-23-18(24-28-19)14-5-8-20-9-6-14/h1-11,22H,12H2. The molecule has 1 N–H and O–H groups in total. The summed E-state index contributed by atoms with van der Waals surface area (Å²) < 4.78 is 5.28. The Morgan fingerprint density at radius 3 is 2.64 bits per heavy atom. The minimum Gasteiger partial charge on any atom is -0.375 e. The van der Waals surface area contributed by atoms with Crippen LogP contribution < -0.4 is 5.32 Å². The van der Waals surface area contributed by atoms with E-state index >= 15 is 0 Å². The third kappa shape index (κ3) is 3.68. The number of anilines is 1. The Labute approximate surface area is 159 Å². The number of hydrogen-bond donors (Lipinski definition) is 1. The minimum absolute atomic E-state index is 0.0787. The Bertz CT molecular complexity index is 1100. The molecule has 138 valence electrons. The second-order valence-corrected chi connectivity index (χ2v) is 5.86. The van der Waals surface area contributed by atoms with E-state index in [9.17, 15) is 10.1 Å². The van der Waals surface area contributed by atoms with Crippen LogP contribution >= 0.6 is 0 Å². The summed E-state index contributed by atoms with van der Waals surface area (Å²) >= 11 is 0. The molecule has 0 amide bonds. The number of nitrogens with zero attached hydrogens (tertiary/aromatic N) is 5. The molecular formula is C19H14N6O3. The number of benzene rings is 1. The van der Waals surface area contributed by atoms with Crippen LogP contribution in [0.15, 0.2) is 71.8 Å². The minimum atomic E-state index is -0.449. The highest BCUT2D eigenvalue weighted by atomic mass is 16.6. The van der Waals surface area contributed by atoms with Crippen LogP contribution in [0.1, 0.15) is 5.56 Å². The van der Waals surface area contributed by atoms with Crippen LogP contribution in [0.3, 0.4) is 0 Å². The monoisotopic (exact) mass is 374 g/mol. The molecule has 0 unspecified atom stereocenters. The van der Waals surface area contributed by atoms with E-state index in [0.717, 1.165) is 11.1 Å². The van der Waals surface area contributed by atoms with Gasteiger partial charge >= 0.3 is 0 Å². The summed E-state index contributed by atoms with van der Waals surface area (Å²) in [7, 11) is 0. The molecule has 0 aliphatic carbocycles. The van der Waals surface area contributed by atoms with Gasteiger partial charge in [0, 0.05) is 48.5 Å². The average molecular weight is 374 g/mol. The number of nitro benzene ring substituents is 1. The van der Waals surface area contributed by atoms with Crippen molar-refractivity contribution in [1.29, 1.82) is 0 Å². The van der Waals surface area contributed by atoms with Crippen molar-refractivity contribution in [2.75, 3.05) is 5.32 Å². The molecule has 0 spiro atoms. The normalized spacial score (nSPS) is 10.6. The predicted octanol–water partition coefficient (Wildman–Crippen LogP) is 3.71. The van der Waals surface area contributed by atoms with E-state index in [4.69, 9.17) is 4.52 Å². The Morgan fingerprint density at radius 1 is 1.04 bits per heavy atom. The Kier molecular flexibility index (Phi) is 4.70. The SMILES string of the molecule is O=[N+]([O-])c1cc(-c2nc(-c3ccncc3)no2)ccc1NCc1cccnc1. The topological polar surface area (TPSA) is 120 Å². The van der Waals surface area contributed by atoms with Gasteiger partial charge in [-0.25, -0.2) is 0 Å². The lowest BCUT2D eigenvalue weighted by Crippen LogP contribution is -2.03. The van der Waals surface area contributed by atoms with Crippen LogP contribution in [0.25, 0.3) is 22.8 Å². The molecule has 0 aliphatic rings.